The first-order chi connectivity index (χ1) is 22.4. The molecule has 1 rings (SSSR count). The zero-order valence-corrected chi connectivity index (χ0v) is 26.7. The van der Waals surface area contributed by atoms with Gasteiger partial charge >= 0.3 is 0 Å². The Morgan fingerprint density at radius 1 is 0.587 bits per heavy atom. The second-order valence-corrected chi connectivity index (χ2v) is 9.43. The molecule has 1 aromatic carbocycles. The Kier molecular flexibility index (Phi) is 26.4. The maximum Gasteiger partial charge on any atom is 0.279 e. The van der Waals surface area contributed by atoms with Gasteiger partial charge in [0.15, 0.2) is 0 Å². The highest BCUT2D eigenvalue weighted by atomic mass is 16.6. The van der Waals surface area contributed by atoms with Gasteiger partial charge in [-0.25, -0.2) is 0 Å². The minimum absolute atomic E-state index is 0.0736. The van der Waals surface area contributed by atoms with Crippen molar-refractivity contribution in [3.8, 4) is 0 Å². The van der Waals surface area contributed by atoms with Crippen molar-refractivity contribution in [2.75, 3.05) is 125 Å². The first-order valence-electron chi connectivity index (χ1n) is 15.3. The van der Waals surface area contributed by atoms with E-state index in [9.17, 15) is 25.0 Å². The molecule has 0 unspecified atom stereocenters. The first kappa shape index (κ1) is 41.2. The first-order valence-corrected chi connectivity index (χ1v) is 15.3. The Labute approximate surface area is 269 Å². The van der Waals surface area contributed by atoms with Crippen LogP contribution in [0.2, 0.25) is 0 Å². The van der Waals surface area contributed by atoms with Gasteiger partial charge in [-0.1, -0.05) is 0 Å². The fourth-order valence-corrected chi connectivity index (χ4v) is 3.57. The van der Waals surface area contributed by atoms with Crippen LogP contribution in [0.15, 0.2) is 18.2 Å². The highest BCUT2D eigenvalue weighted by Crippen LogP contribution is 2.25. The zero-order chi connectivity index (χ0) is 33.5. The summed E-state index contributed by atoms with van der Waals surface area (Å²) in [5.41, 5.74) is -0.131. The van der Waals surface area contributed by atoms with Crippen LogP contribution in [0.25, 0.3) is 0 Å². The number of amides is 1. The molecule has 0 radical (unpaired) electrons. The second kappa shape index (κ2) is 29.5. The van der Waals surface area contributed by atoms with Gasteiger partial charge in [-0.3, -0.25) is 25.0 Å². The van der Waals surface area contributed by atoms with Gasteiger partial charge in [0.1, 0.15) is 0 Å². The Bertz CT molecular complexity index is 940. The van der Waals surface area contributed by atoms with Crippen molar-refractivity contribution in [1.29, 1.82) is 0 Å². The van der Waals surface area contributed by atoms with E-state index in [1.807, 2.05) is 0 Å². The number of hydrogen-bond acceptors (Lipinski definition) is 14. The van der Waals surface area contributed by atoms with Crippen molar-refractivity contribution in [2.45, 2.75) is 19.8 Å². The fourth-order valence-electron chi connectivity index (χ4n) is 3.57. The van der Waals surface area contributed by atoms with Gasteiger partial charge in [0.05, 0.1) is 128 Å². The Morgan fingerprint density at radius 3 is 1.30 bits per heavy atom. The molecule has 0 aliphatic carbocycles. The van der Waals surface area contributed by atoms with E-state index in [4.69, 9.17) is 42.6 Å². The number of carbonyl (C=O) groups is 1. The predicted molar refractivity (Wildman–Crippen MR) is 164 cm³/mol. The van der Waals surface area contributed by atoms with Crippen molar-refractivity contribution in [3.05, 3.63) is 44.0 Å². The van der Waals surface area contributed by atoms with E-state index >= 15 is 0 Å². The highest BCUT2D eigenvalue weighted by molar-refractivity contribution is 5.72. The van der Waals surface area contributed by atoms with Gasteiger partial charge in [-0.15, -0.1) is 0 Å². The summed E-state index contributed by atoms with van der Waals surface area (Å²) >= 11 is 0. The zero-order valence-electron chi connectivity index (χ0n) is 26.7. The molecule has 1 aromatic rings. The number of ether oxygens (including phenoxy) is 9. The van der Waals surface area contributed by atoms with E-state index in [0.29, 0.717) is 144 Å². The van der Waals surface area contributed by atoms with E-state index in [2.05, 4.69) is 5.32 Å². The number of rotatable bonds is 33. The molecule has 1 N–H and O–H groups in total. The SMILES string of the molecule is CC(=O)NCCOCCOCCOCCOCCOCCOCCOCCOCCOCCCc1ccc([N+](=O)[O-])cc1[N+](=O)[O-]. The molecule has 264 valence electrons. The second-order valence-electron chi connectivity index (χ2n) is 9.43. The number of nitro benzene ring substituents is 2. The number of nitrogens with one attached hydrogen (secondary N) is 1. The van der Waals surface area contributed by atoms with Crippen LogP contribution in [0, 0.1) is 20.2 Å². The maximum absolute atomic E-state index is 11.2. The minimum atomic E-state index is -0.656. The summed E-state index contributed by atoms with van der Waals surface area (Å²) in [6.45, 7) is 9.99. The molecule has 0 atom stereocenters. The Balaban J connectivity index is 1.75. The van der Waals surface area contributed by atoms with Gasteiger partial charge in [0.2, 0.25) is 5.91 Å². The van der Waals surface area contributed by atoms with Crippen LogP contribution in [0.3, 0.4) is 0 Å². The number of non-ortho nitro benzene ring substituents is 1. The molecular weight excluding hydrogens is 614 g/mol. The average molecular weight is 664 g/mol. The van der Waals surface area contributed by atoms with Crippen LogP contribution in [-0.4, -0.2) is 141 Å². The Hall–Kier alpha value is -2.87. The molecule has 0 bridgehead atoms. The third kappa shape index (κ3) is 24.4. The van der Waals surface area contributed by atoms with E-state index in [-0.39, 0.29) is 17.3 Å². The summed E-state index contributed by atoms with van der Waals surface area (Å²) in [5.74, 6) is -0.0736. The summed E-state index contributed by atoms with van der Waals surface area (Å²) in [6, 6.07) is 3.66. The predicted octanol–water partition coefficient (Wildman–Crippen LogP) is 1.72. The molecular formula is C29H49N3O14. The lowest BCUT2D eigenvalue weighted by molar-refractivity contribution is -0.394. The fraction of sp³-hybridized carbons (Fsp3) is 0.759. The van der Waals surface area contributed by atoms with E-state index < -0.39 is 9.85 Å². The molecule has 0 aliphatic heterocycles. The monoisotopic (exact) mass is 663 g/mol. The van der Waals surface area contributed by atoms with Crippen molar-refractivity contribution in [2.24, 2.45) is 0 Å². The molecule has 0 aromatic heterocycles. The van der Waals surface area contributed by atoms with Gasteiger partial charge in [-0.05, 0) is 18.9 Å². The standard InChI is InChI=1S/C29H49N3O14/c1-26(33)30-6-8-39-10-12-41-14-16-43-18-20-45-22-24-46-23-21-44-19-17-42-15-13-40-11-9-38-7-2-3-27-4-5-28(31(34)35)25-29(27)32(36)37/h4-5,25H,2-3,6-24H2,1H3,(H,30,33). The summed E-state index contributed by atoms with van der Waals surface area (Å²) in [5, 5.41) is 24.6. The third-order valence-corrected chi connectivity index (χ3v) is 5.81. The van der Waals surface area contributed by atoms with Crippen LogP contribution in [-0.2, 0) is 53.8 Å². The molecule has 0 fully saturated rings. The lowest BCUT2D eigenvalue weighted by Gasteiger charge is -2.09. The van der Waals surface area contributed by atoms with Crippen molar-refractivity contribution in [3.63, 3.8) is 0 Å². The van der Waals surface area contributed by atoms with E-state index in [0.717, 1.165) is 6.07 Å². The van der Waals surface area contributed by atoms with Gasteiger partial charge in [0, 0.05) is 31.7 Å². The highest BCUT2D eigenvalue weighted by Gasteiger charge is 2.18. The lowest BCUT2D eigenvalue weighted by atomic mass is 10.1. The summed E-state index contributed by atoms with van der Waals surface area (Å²) in [6.07, 6.45) is 0.916. The molecule has 0 aliphatic rings. The van der Waals surface area contributed by atoms with Crippen LogP contribution in [0.4, 0.5) is 11.4 Å². The topological polar surface area (TPSA) is 198 Å². The number of carbonyl (C=O) groups excluding carboxylic acids is 1. The normalized spacial score (nSPS) is 11.2. The summed E-state index contributed by atoms with van der Waals surface area (Å²) in [7, 11) is 0. The van der Waals surface area contributed by atoms with Crippen molar-refractivity contribution >= 4 is 17.3 Å². The van der Waals surface area contributed by atoms with Crippen molar-refractivity contribution in [1.82, 2.24) is 5.32 Å². The van der Waals surface area contributed by atoms with Crippen LogP contribution in [0.5, 0.6) is 0 Å². The molecule has 17 heteroatoms. The van der Waals surface area contributed by atoms with Gasteiger partial charge < -0.3 is 47.9 Å². The van der Waals surface area contributed by atoms with E-state index in [1.165, 1.54) is 19.1 Å². The maximum atomic E-state index is 11.2. The number of nitrogens with zero attached hydrogens (tertiary/aromatic N) is 2. The van der Waals surface area contributed by atoms with Crippen LogP contribution < -0.4 is 5.32 Å². The third-order valence-electron chi connectivity index (χ3n) is 5.81. The average Bonchev–Trinajstić information content (AvgIpc) is 3.03. The number of hydrogen-bond donors (Lipinski definition) is 1. The number of benzene rings is 1. The quantitative estimate of drug-likeness (QED) is 0.0648. The molecule has 0 spiro atoms. The van der Waals surface area contributed by atoms with E-state index in [1.54, 1.807) is 0 Å². The molecule has 46 heavy (non-hydrogen) atoms. The van der Waals surface area contributed by atoms with Crippen LogP contribution >= 0.6 is 0 Å². The number of aryl methyl sites for hydroxylation is 1. The van der Waals surface area contributed by atoms with Gasteiger partial charge in [-0.2, -0.15) is 0 Å². The summed E-state index contributed by atoms with van der Waals surface area (Å²) in [4.78, 5) is 31.4. The Morgan fingerprint density at radius 2 is 0.957 bits per heavy atom. The summed E-state index contributed by atoms with van der Waals surface area (Å²) < 4.78 is 48.8. The molecule has 17 nitrogen and oxygen atoms in total. The molecule has 0 saturated carbocycles. The smallest absolute Gasteiger partial charge is 0.279 e. The lowest BCUT2D eigenvalue weighted by Crippen LogP contribution is -2.25. The largest absolute Gasteiger partial charge is 0.379 e. The molecule has 1 amide bonds. The molecule has 0 heterocycles. The molecule has 0 saturated heterocycles. The number of nitro groups is 2. The van der Waals surface area contributed by atoms with Crippen molar-refractivity contribution < 1.29 is 57.3 Å². The van der Waals surface area contributed by atoms with Gasteiger partial charge in [0.25, 0.3) is 11.4 Å². The minimum Gasteiger partial charge on any atom is -0.379 e. The van der Waals surface area contributed by atoms with Crippen LogP contribution in [0.1, 0.15) is 18.9 Å².